The summed E-state index contributed by atoms with van der Waals surface area (Å²) in [6.07, 6.45) is 0.503. The normalized spacial score (nSPS) is 18.3. The number of fused-ring (bicyclic) bond motifs is 3. The summed E-state index contributed by atoms with van der Waals surface area (Å²) in [7, 11) is 0. The number of benzene rings is 3. The number of ether oxygens (including phenoxy) is 3. The average Bonchev–Trinajstić information content (AvgIpc) is 3.59. The molecule has 2 aliphatic heterocycles. The fourth-order valence-corrected chi connectivity index (χ4v) is 5.37. The van der Waals surface area contributed by atoms with Crippen LogP contribution in [0, 0.1) is 0 Å². The van der Waals surface area contributed by atoms with E-state index in [0.29, 0.717) is 19.0 Å². The Hall–Kier alpha value is -3.77. The summed E-state index contributed by atoms with van der Waals surface area (Å²) in [6.45, 7) is 3.01. The summed E-state index contributed by atoms with van der Waals surface area (Å²) in [6, 6.07) is 28.8. The van der Waals surface area contributed by atoms with E-state index >= 15 is 0 Å². The quantitative estimate of drug-likeness (QED) is 0.285. The molecular weight excluding hydrogens is 456 g/mol. The monoisotopic (exact) mass is 482 g/mol. The van der Waals surface area contributed by atoms with Crippen molar-refractivity contribution in [2.75, 3.05) is 6.61 Å². The van der Waals surface area contributed by atoms with Gasteiger partial charge in [-0.1, -0.05) is 54.6 Å². The molecule has 2 atom stereocenters. The second-order valence-corrected chi connectivity index (χ2v) is 9.49. The highest BCUT2D eigenvalue weighted by atomic mass is 32.1. The van der Waals surface area contributed by atoms with Gasteiger partial charge in [-0.05, 0) is 48.2 Å². The van der Waals surface area contributed by atoms with Gasteiger partial charge in [0, 0.05) is 17.5 Å². The van der Waals surface area contributed by atoms with Crippen molar-refractivity contribution in [3.8, 4) is 17.2 Å². The van der Waals surface area contributed by atoms with E-state index in [0.717, 1.165) is 34.8 Å². The van der Waals surface area contributed by atoms with Gasteiger partial charge >= 0.3 is 0 Å². The van der Waals surface area contributed by atoms with Gasteiger partial charge in [0.15, 0.2) is 11.5 Å². The first-order valence-corrected chi connectivity index (χ1v) is 12.8. The van der Waals surface area contributed by atoms with Gasteiger partial charge in [0.2, 0.25) is 6.23 Å². The molecule has 35 heavy (non-hydrogen) atoms. The number of rotatable bonds is 7. The first kappa shape index (κ1) is 21.7. The molecule has 3 aromatic carbocycles. The van der Waals surface area contributed by atoms with E-state index in [2.05, 4.69) is 52.9 Å². The van der Waals surface area contributed by atoms with Crippen molar-refractivity contribution in [2.45, 2.75) is 32.2 Å². The minimum absolute atomic E-state index is 0.131. The van der Waals surface area contributed by atoms with Gasteiger partial charge in [-0.25, -0.2) is 5.01 Å². The van der Waals surface area contributed by atoms with Gasteiger partial charge in [-0.2, -0.15) is 5.10 Å². The van der Waals surface area contributed by atoms with E-state index < -0.39 is 0 Å². The van der Waals surface area contributed by atoms with E-state index in [4.69, 9.17) is 19.3 Å². The third-order valence-corrected chi connectivity index (χ3v) is 7.21. The fraction of sp³-hybridized carbons (Fsp3) is 0.207. The Morgan fingerprint density at radius 2 is 1.80 bits per heavy atom. The first-order chi connectivity index (χ1) is 17.3. The second kappa shape index (κ2) is 9.47. The van der Waals surface area contributed by atoms with E-state index in [1.807, 2.05) is 49.4 Å². The Morgan fingerprint density at radius 3 is 2.63 bits per heavy atom. The minimum Gasteiger partial charge on any atom is -0.490 e. The molecule has 0 saturated heterocycles. The fourth-order valence-electron chi connectivity index (χ4n) is 4.65. The van der Waals surface area contributed by atoms with E-state index in [1.165, 1.54) is 10.4 Å². The van der Waals surface area contributed by atoms with Crippen LogP contribution in [0.25, 0.3) is 0 Å². The zero-order valence-electron chi connectivity index (χ0n) is 19.5. The zero-order valence-corrected chi connectivity index (χ0v) is 20.3. The number of para-hydroxylation sites is 1. The van der Waals surface area contributed by atoms with Crippen molar-refractivity contribution >= 4 is 17.0 Å². The van der Waals surface area contributed by atoms with Gasteiger partial charge in [0.25, 0.3) is 0 Å². The largest absolute Gasteiger partial charge is 0.490 e. The molecule has 0 N–H and O–H groups in total. The summed E-state index contributed by atoms with van der Waals surface area (Å²) < 4.78 is 18.6. The van der Waals surface area contributed by atoms with Gasteiger partial charge in [0.05, 0.1) is 23.2 Å². The Kier molecular flexibility index (Phi) is 5.88. The van der Waals surface area contributed by atoms with Crippen molar-refractivity contribution in [1.82, 2.24) is 5.01 Å². The number of nitrogens with zero attached hydrogens (tertiary/aromatic N) is 2. The first-order valence-electron chi connectivity index (χ1n) is 11.9. The zero-order chi connectivity index (χ0) is 23.6. The van der Waals surface area contributed by atoms with Crippen LogP contribution in [0.5, 0.6) is 17.2 Å². The highest BCUT2D eigenvalue weighted by Crippen LogP contribution is 2.48. The van der Waals surface area contributed by atoms with Crippen LogP contribution in [0.15, 0.2) is 95.4 Å². The van der Waals surface area contributed by atoms with E-state index in [-0.39, 0.29) is 12.3 Å². The molecule has 0 amide bonds. The maximum atomic E-state index is 6.53. The maximum absolute atomic E-state index is 6.53. The predicted molar refractivity (Wildman–Crippen MR) is 138 cm³/mol. The lowest BCUT2D eigenvalue weighted by molar-refractivity contribution is -0.0192. The Balaban J connectivity index is 1.33. The van der Waals surface area contributed by atoms with Crippen LogP contribution in [-0.4, -0.2) is 17.3 Å². The van der Waals surface area contributed by atoms with Crippen LogP contribution in [-0.2, 0) is 6.61 Å². The van der Waals surface area contributed by atoms with Crippen molar-refractivity contribution in [3.05, 3.63) is 112 Å². The lowest BCUT2D eigenvalue weighted by atomic mass is 9.97. The molecular formula is C29H26N2O3S. The minimum atomic E-state index is -0.352. The Bertz CT molecular complexity index is 1340. The molecule has 3 heterocycles. The highest BCUT2D eigenvalue weighted by Gasteiger charge is 2.41. The van der Waals surface area contributed by atoms with Gasteiger partial charge < -0.3 is 14.2 Å². The number of thiophene rings is 1. The third-order valence-electron chi connectivity index (χ3n) is 6.29. The molecule has 4 aromatic rings. The van der Waals surface area contributed by atoms with Gasteiger partial charge in [-0.15, -0.1) is 11.3 Å². The number of hydrogen-bond donors (Lipinski definition) is 0. The molecule has 0 unspecified atom stereocenters. The Labute approximate surface area is 209 Å². The Morgan fingerprint density at radius 1 is 0.943 bits per heavy atom. The molecule has 1 aromatic heterocycles. The predicted octanol–water partition coefficient (Wildman–Crippen LogP) is 6.97. The lowest BCUT2D eigenvalue weighted by Crippen LogP contribution is -2.33. The van der Waals surface area contributed by atoms with Gasteiger partial charge in [0.1, 0.15) is 12.4 Å². The van der Waals surface area contributed by atoms with Crippen molar-refractivity contribution < 1.29 is 14.2 Å². The molecule has 6 heteroatoms. The summed E-state index contributed by atoms with van der Waals surface area (Å²) in [4.78, 5) is 1.20. The van der Waals surface area contributed by atoms with Crippen molar-refractivity contribution in [3.63, 3.8) is 0 Å². The number of hydrazone groups is 1. The van der Waals surface area contributed by atoms with Crippen LogP contribution in [0.4, 0.5) is 0 Å². The maximum Gasteiger partial charge on any atom is 0.214 e. The SMILES string of the molecule is CCOc1cc([C@@H]2Oc3ccccc3[C@@H]3CC(c4cccs4)=NN32)ccc1OCc1ccccc1. The molecule has 0 saturated carbocycles. The summed E-state index contributed by atoms with van der Waals surface area (Å²) in [5, 5.41) is 9.25. The molecule has 0 spiro atoms. The summed E-state index contributed by atoms with van der Waals surface area (Å²) >= 11 is 1.72. The van der Waals surface area contributed by atoms with E-state index in [1.54, 1.807) is 11.3 Å². The third kappa shape index (κ3) is 4.26. The topological polar surface area (TPSA) is 43.3 Å². The molecule has 176 valence electrons. The summed E-state index contributed by atoms with van der Waals surface area (Å²) in [5.41, 5.74) is 4.37. The van der Waals surface area contributed by atoms with Crippen LogP contribution in [0.3, 0.4) is 0 Å². The number of hydrogen-bond acceptors (Lipinski definition) is 6. The highest BCUT2D eigenvalue weighted by molar-refractivity contribution is 7.12. The molecule has 2 aliphatic rings. The molecule has 0 aliphatic carbocycles. The molecule has 0 fully saturated rings. The van der Waals surface area contributed by atoms with Crippen LogP contribution in [0.2, 0.25) is 0 Å². The summed E-state index contributed by atoms with van der Waals surface area (Å²) in [5.74, 6) is 2.33. The average molecular weight is 483 g/mol. The van der Waals surface area contributed by atoms with Gasteiger partial charge in [-0.3, -0.25) is 0 Å². The lowest BCUT2D eigenvalue weighted by Gasteiger charge is -2.38. The van der Waals surface area contributed by atoms with Crippen molar-refractivity contribution in [1.29, 1.82) is 0 Å². The van der Waals surface area contributed by atoms with E-state index in [9.17, 15) is 0 Å². The smallest absolute Gasteiger partial charge is 0.214 e. The standard InChI is InChI=1S/C29H26N2O3S/c1-2-32-27-17-21(14-15-26(27)33-19-20-9-4-3-5-10-20)29-31-24(22-11-6-7-12-25(22)34-29)18-23(30-31)28-13-8-16-35-28/h3-17,24,29H,2,18-19H2,1H3/t24-,29-/m0/s1. The van der Waals surface area contributed by atoms with Crippen LogP contribution in [0.1, 0.15) is 47.2 Å². The molecule has 6 rings (SSSR count). The molecule has 5 nitrogen and oxygen atoms in total. The molecule has 0 bridgehead atoms. The molecule has 0 radical (unpaired) electrons. The van der Waals surface area contributed by atoms with Crippen LogP contribution < -0.4 is 14.2 Å². The second-order valence-electron chi connectivity index (χ2n) is 8.55. The van der Waals surface area contributed by atoms with Crippen LogP contribution >= 0.6 is 11.3 Å². The van der Waals surface area contributed by atoms with Crippen molar-refractivity contribution in [2.24, 2.45) is 5.10 Å².